The Morgan fingerprint density at radius 1 is 0.949 bits per heavy atom. The van der Waals surface area contributed by atoms with E-state index in [1.807, 2.05) is 60.7 Å². The number of fused-ring (bicyclic) bond motifs is 1. The summed E-state index contributed by atoms with van der Waals surface area (Å²) >= 11 is 0. The molecule has 3 aromatic carbocycles. The molecule has 9 heteroatoms. The van der Waals surface area contributed by atoms with Gasteiger partial charge in [-0.1, -0.05) is 55.5 Å². The lowest BCUT2D eigenvalue weighted by molar-refractivity contribution is -0.142. The zero-order chi connectivity index (χ0) is 27.8. The number of methoxy groups -OCH3 is 2. The Morgan fingerprint density at radius 3 is 2.41 bits per heavy atom. The summed E-state index contributed by atoms with van der Waals surface area (Å²) in [6.45, 7) is 4.84. The van der Waals surface area contributed by atoms with Gasteiger partial charge in [0, 0.05) is 13.1 Å². The van der Waals surface area contributed by atoms with E-state index in [0.717, 1.165) is 17.5 Å². The average molecular weight is 530 g/mol. The highest BCUT2D eigenvalue weighted by molar-refractivity contribution is 5.89. The second-order valence-electron chi connectivity index (χ2n) is 9.76. The molecule has 0 radical (unpaired) electrons. The van der Waals surface area contributed by atoms with Crippen LogP contribution in [-0.2, 0) is 22.7 Å². The van der Waals surface area contributed by atoms with Gasteiger partial charge in [0.05, 0.1) is 19.7 Å². The molecule has 4 rings (SSSR count). The highest BCUT2D eigenvalue weighted by Crippen LogP contribution is 2.27. The van der Waals surface area contributed by atoms with E-state index in [9.17, 15) is 9.59 Å². The molecule has 2 amide bonds. The first-order valence-corrected chi connectivity index (χ1v) is 13.0. The van der Waals surface area contributed by atoms with Crippen LogP contribution in [0.15, 0.2) is 72.8 Å². The number of hydrogen-bond donors (Lipinski definition) is 1. The van der Waals surface area contributed by atoms with Gasteiger partial charge >= 0.3 is 0 Å². The van der Waals surface area contributed by atoms with Crippen LogP contribution >= 0.6 is 0 Å². The van der Waals surface area contributed by atoms with Gasteiger partial charge in [-0.25, -0.2) is 4.68 Å². The highest BCUT2D eigenvalue weighted by Gasteiger charge is 2.32. The molecule has 39 heavy (non-hydrogen) atoms. The van der Waals surface area contributed by atoms with E-state index < -0.39 is 6.04 Å². The second-order valence-corrected chi connectivity index (χ2v) is 9.76. The Morgan fingerprint density at radius 2 is 1.69 bits per heavy atom. The molecule has 1 heterocycles. The van der Waals surface area contributed by atoms with Gasteiger partial charge in [0.25, 0.3) is 0 Å². The summed E-state index contributed by atoms with van der Waals surface area (Å²) in [5.41, 5.74) is 2.95. The minimum absolute atomic E-state index is 0.0730. The molecular weight excluding hydrogens is 494 g/mol. The van der Waals surface area contributed by atoms with Crippen molar-refractivity contribution >= 4 is 22.8 Å². The molecule has 204 valence electrons. The molecule has 4 aromatic rings. The molecule has 0 aliphatic carbocycles. The van der Waals surface area contributed by atoms with Gasteiger partial charge in [-0.05, 0) is 59.9 Å². The molecular formula is C30H35N5O4. The lowest BCUT2D eigenvalue weighted by atomic mass is 10.0. The molecule has 0 saturated heterocycles. The zero-order valence-corrected chi connectivity index (χ0v) is 22.8. The van der Waals surface area contributed by atoms with Crippen LogP contribution in [0.4, 0.5) is 0 Å². The Hall–Kier alpha value is -4.40. The number of carbonyl (C=O) groups is 2. The summed E-state index contributed by atoms with van der Waals surface area (Å²) in [5.74, 6) is 1.25. The molecule has 9 nitrogen and oxygen atoms in total. The third-order valence-corrected chi connectivity index (χ3v) is 6.53. The van der Waals surface area contributed by atoms with Gasteiger partial charge in [-0.2, -0.15) is 0 Å². The van der Waals surface area contributed by atoms with Crippen molar-refractivity contribution in [1.82, 2.24) is 25.2 Å². The first kappa shape index (κ1) is 27.6. The maximum atomic E-state index is 14.0. The standard InChI is InChI=1S/C30H35N5O4/c1-21(2)16-17-31-30(37)29(23-12-14-24(38-3)15-13-23)34(19-22-8-7-9-25(18-22)39-4)28(36)20-35-27-11-6-5-10-26(27)32-33-35/h5-15,18,21,29H,16-17,19-20H2,1-4H3,(H,31,37)/t29-/m1/s1. The van der Waals surface area contributed by atoms with Crippen LogP contribution in [0.3, 0.4) is 0 Å². The Bertz CT molecular complexity index is 1400. The van der Waals surface area contributed by atoms with Crippen molar-refractivity contribution in [3.8, 4) is 11.5 Å². The van der Waals surface area contributed by atoms with E-state index in [4.69, 9.17) is 9.47 Å². The van der Waals surface area contributed by atoms with Crippen LogP contribution in [0.25, 0.3) is 11.0 Å². The van der Waals surface area contributed by atoms with Gasteiger partial charge in [-0.3, -0.25) is 9.59 Å². The second kappa shape index (κ2) is 12.9. The molecule has 0 spiro atoms. The van der Waals surface area contributed by atoms with Crippen molar-refractivity contribution in [3.05, 3.63) is 83.9 Å². The molecule has 0 unspecified atom stereocenters. The van der Waals surface area contributed by atoms with Crippen LogP contribution in [0.5, 0.6) is 11.5 Å². The van der Waals surface area contributed by atoms with Gasteiger partial charge in [0.1, 0.15) is 29.6 Å². The maximum absolute atomic E-state index is 14.0. The number of aromatic nitrogens is 3. The minimum atomic E-state index is -0.878. The summed E-state index contributed by atoms with van der Waals surface area (Å²) < 4.78 is 12.3. The van der Waals surface area contributed by atoms with Crippen molar-refractivity contribution in [1.29, 1.82) is 0 Å². The monoisotopic (exact) mass is 529 g/mol. The first-order valence-electron chi connectivity index (χ1n) is 13.0. The van der Waals surface area contributed by atoms with Crippen molar-refractivity contribution < 1.29 is 19.1 Å². The first-order chi connectivity index (χ1) is 18.9. The van der Waals surface area contributed by atoms with Gasteiger partial charge in [-0.15, -0.1) is 5.10 Å². The number of amides is 2. The summed E-state index contributed by atoms with van der Waals surface area (Å²) in [6, 6.07) is 21.3. The molecule has 1 aromatic heterocycles. The summed E-state index contributed by atoms with van der Waals surface area (Å²) in [6.07, 6.45) is 0.829. The van der Waals surface area contributed by atoms with Gasteiger partial charge in [0.2, 0.25) is 11.8 Å². The number of rotatable bonds is 12. The number of carbonyl (C=O) groups excluding carboxylic acids is 2. The average Bonchev–Trinajstić information content (AvgIpc) is 3.35. The Kier molecular flexibility index (Phi) is 9.14. The molecule has 0 aliphatic rings. The Balaban J connectivity index is 1.73. The summed E-state index contributed by atoms with van der Waals surface area (Å²) in [5, 5.41) is 11.4. The van der Waals surface area contributed by atoms with Crippen molar-refractivity contribution in [3.63, 3.8) is 0 Å². The molecule has 0 saturated carbocycles. The normalized spacial score (nSPS) is 11.8. The van der Waals surface area contributed by atoms with E-state index in [1.165, 1.54) is 0 Å². The predicted octanol–water partition coefficient (Wildman–Crippen LogP) is 4.38. The summed E-state index contributed by atoms with van der Waals surface area (Å²) in [7, 11) is 3.19. The number of hydrogen-bond acceptors (Lipinski definition) is 6. The smallest absolute Gasteiger partial charge is 0.247 e. The fourth-order valence-corrected chi connectivity index (χ4v) is 4.38. The largest absolute Gasteiger partial charge is 0.497 e. The number of benzene rings is 3. The number of nitrogens with zero attached hydrogens (tertiary/aromatic N) is 4. The van der Waals surface area contributed by atoms with Crippen molar-refractivity contribution in [2.45, 2.75) is 39.4 Å². The third-order valence-electron chi connectivity index (χ3n) is 6.53. The third kappa shape index (κ3) is 6.93. The van der Waals surface area contributed by atoms with Gasteiger partial charge < -0.3 is 19.7 Å². The van der Waals surface area contributed by atoms with E-state index >= 15 is 0 Å². The number of nitrogens with one attached hydrogen (secondary N) is 1. The molecule has 1 atom stereocenters. The molecule has 0 aliphatic heterocycles. The number of para-hydroxylation sites is 1. The van der Waals surface area contributed by atoms with Gasteiger partial charge in [0.15, 0.2) is 0 Å². The maximum Gasteiger partial charge on any atom is 0.247 e. The van der Waals surface area contributed by atoms with E-state index in [1.54, 1.807) is 35.9 Å². The van der Waals surface area contributed by atoms with Crippen LogP contribution in [0.1, 0.15) is 37.4 Å². The van der Waals surface area contributed by atoms with Crippen LogP contribution < -0.4 is 14.8 Å². The molecule has 0 fully saturated rings. The van der Waals surface area contributed by atoms with Crippen molar-refractivity contribution in [2.75, 3.05) is 20.8 Å². The topological polar surface area (TPSA) is 98.6 Å². The van der Waals surface area contributed by atoms with E-state index in [0.29, 0.717) is 35.0 Å². The Labute approximate surface area is 228 Å². The zero-order valence-electron chi connectivity index (χ0n) is 22.8. The minimum Gasteiger partial charge on any atom is -0.497 e. The van der Waals surface area contributed by atoms with E-state index in [-0.39, 0.29) is 24.9 Å². The van der Waals surface area contributed by atoms with Crippen LogP contribution in [0.2, 0.25) is 0 Å². The van der Waals surface area contributed by atoms with Crippen molar-refractivity contribution in [2.24, 2.45) is 5.92 Å². The quantitative estimate of drug-likeness (QED) is 0.292. The highest BCUT2D eigenvalue weighted by atomic mass is 16.5. The van der Waals surface area contributed by atoms with Crippen LogP contribution in [-0.4, -0.2) is 52.5 Å². The number of ether oxygens (including phenoxy) is 2. The van der Waals surface area contributed by atoms with E-state index in [2.05, 4.69) is 29.5 Å². The SMILES string of the molecule is COc1ccc([C@H](C(=O)NCCC(C)C)N(Cc2cccc(OC)c2)C(=O)Cn2nnc3ccccc32)cc1. The summed E-state index contributed by atoms with van der Waals surface area (Å²) in [4.78, 5) is 29.4. The lowest BCUT2D eigenvalue weighted by Crippen LogP contribution is -2.45. The predicted molar refractivity (Wildman–Crippen MR) is 149 cm³/mol. The van der Waals surface area contributed by atoms with Crippen LogP contribution in [0, 0.1) is 5.92 Å². The lowest BCUT2D eigenvalue weighted by Gasteiger charge is -2.32. The molecule has 1 N–H and O–H groups in total. The molecule has 0 bridgehead atoms. The fraction of sp³-hybridized carbons (Fsp3) is 0.333. The fourth-order valence-electron chi connectivity index (χ4n) is 4.38.